The summed E-state index contributed by atoms with van der Waals surface area (Å²) in [5.74, 6) is 0. The first kappa shape index (κ1) is 16.9. The van der Waals surface area contributed by atoms with Crippen LogP contribution in [0.4, 0.5) is 10.5 Å². The highest BCUT2D eigenvalue weighted by Crippen LogP contribution is 2.17. The fourth-order valence-corrected chi connectivity index (χ4v) is 2.21. The fourth-order valence-electron chi connectivity index (χ4n) is 1.80. The second-order valence-corrected chi connectivity index (χ2v) is 5.46. The highest BCUT2D eigenvalue weighted by Gasteiger charge is 2.12. The topological polar surface area (TPSA) is 52.6 Å². The standard InChI is InChI=1S/C15H24N2O2S/c1-3-4-10-17(11-5-12-18)15(19)16-13-6-8-14(20-2)9-7-13/h6-9,18H,3-5,10-12H2,1-2H3,(H,16,19). The third kappa shape index (κ3) is 5.84. The second-order valence-electron chi connectivity index (χ2n) is 4.58. The number of hydrogen-bond acceptors (Lipinski definition) is 3. The number of amides is 2. The Balaban J connectivity index is 2.58. The lowest BCUT2D eigenvalue weighted by atomic mass is 10.3. The third-order valence-corrected chi connectivity index (χ3v) is 3.74. The van der Waals surface area contributed by atoms with E-state index in [1.54, 1.807) is 16.7 Å². The predicted molar refractivity (Wildman–Crippen MR) is 85.4 cm³/mol. The number of unbranched alkanes of at least 4 members (excludes halogenated alkanes) is 1. The van der Waals surface area contributed by atoms with Crippen LogP contribution in [0.5, 0.6) is 0 Å². The zero-order valence-corrected chi connectivity index (χ0v) is 13.1. The van der Waals surface area contributed by atoms with Crippen LogP contribution in [-0.2, 0) is 0 Å². The maximum Gasteiger partial charge on any atom is 0.321 e. The molecule has 0 aliphatic carbocycles. The van der Waals surface area contributed by atoms with Crippen LogP contribution in [0.15, 0.2) is 29.2 Å². The van der Waals surface area contributed by atoms with Crippen LogP contribution in [0.25, 0.3) is 0 Å². The summed E-state index contributed by atoms with van der Waals surface area (Å²) in [5, 5.41) is 11.8. The van der Waals surface area contributed by atoms with Gasteiger partial charge >= 0.3 is 6.03 Å². The first-order valence-electron chi connectivity index (χ1n) is 7.02. The number of carbonyl (C=O) groups is 1. The monoisotopic (exact) mass is 296 g/mol. The molecule has 0 aromatic heterocycles. The predicted octanol–water partition coefficient (Wildman–Crippen LogP) is 3.42. The third-order valence-electron chi connectivity index (χ3n) is 3.00. The SMILES string of the molecule is CCCCN(CCCO)C(=O)Nc1ccc(SC)cc1. The lowest BCUT2D eigenvalue weighted by molar-refractivity contribution is 0.201. The zero-order chi connectivity index (χ0) is 14.8. The molecule has 1 rings (SSSR count). The molecule has 0 fully saturated rings. The molecule has 0 spiro atoms. The molecule has 0 atom stereocenters. The summed E-state index contributed by atoms with van der Waals surface area (Å²) < 4.78 is 0. The highest BCUT2D eigenvalue weighted by atomic mass is 32.2. The minimum Gasteiger partial charge on any atom is -0.396 e. The lowest BCUT2D eigenvalue weighted by Crippen LogP contribution is -2.36. The number of nitrogens with zero attached hydrogens (tertiary/aromatic N) is 1. The first-order valence-corrected chi connectivity index (χ1v) is 8.24. The number of nitrogens with one attached hydrogen (secondary N) is 1. The van der Waals surface area contributed by atoms with Crippen LogP contribution < -0.4 is 5.32 Å². The lowest BCUT2D eigenvalue weighted by Gasteiger charge is -2.22. The second kappa shape index (κ2) is 9.66. The van der Waals surface area contributed by atoms with E-state index in [1.165, 1.54) is 4.90 Å². The van der Waals surface area contributed by atoms with Gasteiger partial charge in [0.2, 0.25) is 0 Å². The number of urea groups is 1. The van der Waals surface area contributed by atoms with Crippen molar-refractivity contribution in [3.8, 4) is 0 Å². The Bertz CT molecular complexity index is 387. The number of aliphatic hydroxyl groups is 1. The molecular formula is C15H24N2O2S. The van der Waals surface area contributed by atoms with Gasteiger partial charge in [0.1, 0.15) is 0 Å². The van der Waals surface area contributed by atoms with Gasteiger partial charge in [-0.05, 0) is 43.4 Å². The Hall–Kier alpha value is -1.20. The number of rotatable bonds is 8. The van der Waals surface area contributed by atoms with Crippen molar-refractivity contribution >= 4 is 23.5 Å². The summed E-state index contributed by atoms with van der Waals surface area (Å²) in [6, 6.07) is 7.71. The van der Waals surface area contributed by atoms with Gasteiger partial charge in [0.25, 0.3) is 0 Å². The van der Waals surface area contributed by atoms with Crippen LogP contribution in [0.2, 0.25) is 0 Å². The van der Waals surface area contributed by atoms with Gasteiger partial charge in [-0.3, -0.25) is 0 Å². The van der Waals surface area contributed by atoms with E-state index in [-0.39, 0.29) is 12.6 Å². The van der Waals surface area contributed by atoms with Gasteiger partial charge in [-0.1, -0.05) is 13.3 Å². The molecule has 112 valence electrons. The van der Waals surface area contributed by atoms with E-state index >= 15 is 0 Å². The van der Waals surface area contributed by atoms with Gasteiger partial charge in [0.15, 0.2) is 0 Å². The van der Waals surface area contributed by atoms with Crippen LogP contribution in [-0.4, -0.2) is 42.0 Å². The van der Waals surface area contributed by atoms with E-state index in [1.807, 2.05) is 30.5 Å². The molecule has 2 amide bonds. The van der Waals surface area contributed by atoms with Gasteiger partial charge in [-0.2, -0.15) is 0 Å². The number of anilines is 1. The molecule has 0 aliphatic heterocycles. The molecule has 0 saturated heterocycles. The highest BCUT2D eigenvalue weighted by molar-refractivity contribution is 7.98. The number of carbonyl (C=O) groups excluding carboxylic acids is 1. The van der Waals surface area contributed by atoms with Crippen LogP contribution in [0.1, 0.15) is 26.2 Å². The van der Waals surface area contributed by atoms with E-state index in [9.17, 15) is 4.79 Å². The van der Waals surface area contributed by atoms with Gasteiger partial charge in [0, 0.05) is 30.3 Å². The molecule has 0 radical (unpaired) electrons. The normalized spacial score (nSPS) is 10.3. The van der Waals surface area contributed by atoms with Crippen LogP contribution >= 0.6 is 11.8 Å². The Morgan fingerprint density at radius 1 is 1.25 bits per heavy atom. The molecule has 1 aromatic carbocycles. The molecular weight excluding hydrogens is 272 g/mol. The molecule has 0 unspecified atom stereocenters. The van der Waals surface area contributed by atoms with Crippen molar-refractivity contribution in [2.75, 3.05) is 31.3 Å². The van der Waals surface area contributed by atoms with Gasteiger partial charge in [0.05, 0.1) is 0 Å². The minimum atomic E-state index is -0.0937. The maximum absolute atomic E-state index is 12.2. The van der Waals surface area contributed by atoms with Crippen molar-refractivity contribution in [1.82, 2.24) is 4.90 Å². The molecule has 0 aliphatic rings. The molecule has 5 heteroatoms. The Kier molecular flexibility index (Phi) is 8.14. The Morgan fingerprint density at radius 3 is 2.45 bits per heavy atom. The van der Waals surface area contributed by atoms with Crippen molar-refractivity contribution in [2.24, 2.45) is 0 Å². The van der Waals surface area contributed by atoms with Crippen molar-refractivity contribution in [3.63, 3.8) is 0 Å². The summed E-state index contributed by atoms with van der Waals surface area (Å²) in [4.78, 5) is 15.1. The van der Waals surface area contributed by atoms with E-state index in [0.717, 1.165) is 25.1 Å². The molecule has 1 aromatic rings. The van der Waals surface area contributed by atoms with Crippen LogP contribution in [0.3, 0.4) is 0 Å². The molecule has 4 nitrogen and oxygen atoms in total. The van der Waals surface area contributed by atoms with E-state index in [2.05, 4.69) is 12.2 Å². The number of benzene rings is 1. The maximum atomic E-state index is 12.2. The van der Waals surface area contributed by atoms with Gasteiger partial charge < -0.3 is 15.3 Å². The Morgan fingerprint density at radius 2 is 1.90 bits per heavy atom. The fraction of sp³-hybridized carbons (Fsp3) is 0.533. The van der Waals surface area contributed by atoms with Crippen molar-refractivity contribution in [3.05, 3.63) is 24.3 Å². The smallest absolute Gasteiger partial charge is 0.321 e. The van der Waals surface area contributed by atoms with E-state index in [4.69, 9.17) is 5.11 Å². The zero-order valence-electron chi connectivity index (χ0n) is 12.3. The number of aliphatic hydroxyl groups excluding tert-OH is 1. The molecule has 0 saturated carbocycles. The van der Waals surface area contributed by atoms with Gasteiger partial charge in [-0.25, -0.2) is 4.79 Å². The summed E-state index contributed by atoms with van der Waals surface area (Å²) in [7, 11) is 0. The van der Waals surface area contributed by atoms with Gasteiger partial charge in [-0.15, -0.1) is 11.8 Å². The largest absolute Gasteiger partial charge is 0.396 e. The summed E-state index contributed by atoms with van der Waals surface area (Å²) in [5.41, 5.74) is 0.804. The van der Waals surface area contributed by atoms with E-state index < -0.39 is 0 Å². The van der Waals surface area contributed by atoms with Crippen molar-refractivity contribution < 1.29 is 9.90 Å². The first-order chi connectivity index (χ1) is 9.71. The van der Waals surface area contributed by atoms with E-state index in [0.29, 0.717) is 13.0 Å². The van der Waals surface area contributed by atoms with Crippen molar-refractivity contribution in [1.29, 1.82) is 0 Å². The quantitative estimate of drug-likeness (QED) is 0.723. The molecule has 0 bridgehead atoms. The average Bonchev–Trinajstić information content (AvgIpc) is 2.48. The molecule has 20 heavy (non-hydrogen) atoms. The average molecular weight is 296 g/mol. The minimum absolute atomic E-state index is 0.0937. The summed E-state index contributed by atoms with van der Waals surface area (Å²) in [6.45, 7) is 3.53. The Labute approximate surface area is 125 Å². The van der Waals surface area contributed by atoms with Crippen LogP contribution in [0, 0.1) is 0 Å². The number of hydrogen-bond donors (Lipinski definition) is 2. The molecule has 0 heterocycles. The molecule has 2 N–H and O–H groups in total. The summed E-state index contributed by atoms with van der Waals surface area (Å²) >= 11 is 1.67. The summed E-state index contributed by atoms with van der Waals surface area (Å²) in [6.07, 6.45) is 4.66. The number of thioether (sulfide) groups is 1. The van der Waals surface area contributed by atoms with Crippen molar-refractivity contribution in [2.45, 2.75) is 31.1 Å².